The van der Waals surface area contributed by atoms with Crippen LogP contribution in [0.2, 0.25) is 0 Å². The fraction of sp³-hybridized carbons (Fsp3) is 0.350. The van der Waals surface area contributed by atoms with Gasteiger partial charge in [-0.3, -0.25) is 4.79 Å². The lowest BCUT2D eigenvalue weighted by molar-refractivity contribution is 0.0954. The van der Waals surface area contributed by atoms with E-state index in [-0.39, 0.29) is 11.9 Å². The molecule has 6 heteroatoms. The summed E-state index contributed by atoms with van der Waals surface area (Å²) in [4.78, 5) is 12.7. The number of nitrogens with two attached hydrogens (primary N) is 1. The van der Waals surface area contributed by atoms with Crippen molar-refractivity contribution in [2.24, 2.45) is 5.73 Å². The van der Waals surface area contributed by atoms with Crippen molar-refractivity contribution in [3.8, 4) is 11.1 Å². The zero-order chi connectivity index (χ0) is 18.8. The summed E-state index contributed by atoms with van der Waals surface area (Å²) in [5, 5.41) is 6.34. The van der Waals surface area contributed by atoms with Crippen LogP contribution in [0.15, 0.2) is 48.5 Å². The third-order valence-electron chi connectivity index (χ3n) is 3.96. The molecule has 0 aromatic heterocycles. The fourth-order valence-corrected chi connectivity index (χ4v) is 3.10. The Bertz CT molecular complexity index is 695. The van der Waals surface area contributed by atoms with E-state index in [1.807, 2.05) is 48.5 Å². The van der Waals surface area contributed by atoms with Gasteiger partial charge in [0.15, 0.2) is 0 Å². The third-order valence-corrected chi connectivity index (χ3v) is 5.13. The van der Waals surface area contributed by atoms with Gasteiger partial charge in [0.05, 0.1) is 0 Å². The molecule has 2 aromatic carbocycles. The van der Waals surface area contributed by atoms with Crippen LogP contribution in [0.25, 0.3) is 11.1 Å². The van der Waals surface area contributed by atoms with Gasteiger partial charge in [0.25, 0.3) is 5.91 Å². The molecule has 2 rings (SSSR count). The summed E-state index contributed by atoms with van der Waals surface area (Å²) in [6.07, 6.45) is 3.04. The van der Waals surface area contributed by atoms with E-state index in [0.29, 0.717) is 24.4 Å². The van der Waals surface area contributed by atoms with Gasteiger partial charge in [-0.05, 0) is 47.8 Å². The molecule has 0 bridgehead atoms. The van der Waals surface area contributed by atoms with E-state index in [1.54, 1.807) is 11.8 Å². The van der Waals surface area contributed by atoms with Crippen LogP contribution in [-0.4, -0.2) is 42.8 Å². The van der Waals surface area contributed by atoms with E-state index in [1.165, 1.54) is 0 Å². The van der Waals surface area contributed by atoms with Crippen LogP contribution in [0.4, 0.5) is 5.69 Å². The Labute approximate surface area is 165 Å². The zero-order valence-corrected chi connectivity index (χ0v) is 16.8. The molecule has 26 heavy (non-hydrogen) atoms. The number of hydrogen-bond donors (Lipinski definition) is 4. The van der Waals surface area contributed by atoms with E-state index < -0.39 is 0 Å². The van der Waals surface area contributed by atoms with Crippen LogP contribution in [0.3, 0.4) is 0 Å². The molecule has 0 aliphatic rings. The Morgan fingerprint density at radius 1 is 1.23 bits per heavy atom. The van der Waals surface area contributed by atoms with Gasteiger partial charge in [-0.25, -0.2) is 0 Å². The van der Waals surface area contributed by atoms with Gasteiger partial charge in [-0.1, -0.05) is 30.3 Å². The molecule has 0 heterocycles. The average Bonchev–Trinajstić information content (AvgIpc) is 2.69. The standard InChI is InChI=1S/C20H27N3OS2/c1-26-11-5-10-22-20(24)18-9-8-17(23-13-16(21)14-25)12-19(18)15-6-3-2-4-7-15/h2-4,6-9,12,16,23,25H,5,10-11,13-14,21H2,1H3,(H,22,24). The molecule has 4 nitrogen and oxygen atoms in total. The molecular formula is C20H27N3OS2. The maximum atomic E-state index is 12.7. The number of hydrogen-bond acceptors (Lipinski definition) is 5. The largest absolute Gasteiger partial charge is 0.383 e. The quantitative estimate of drug-likeness (QED) is 0.371. The molecule has 0 saturated heterocycles. The first-order chi connectivity index (χ1) is 12.7. The predicted octanol–water partition coefficient (Wildman–Crippen LogP) is 3.51. The number of carbonyl (C=O) groups is 1. The summed E-state index contributed by atoms with van der Waals surface area (Å²) >= 11 is 6.00. The topological polar surface area (TPSA) is 67.2 Å². The highest BCUT2D eigenvalue weighted by molar-refractivity contribution is 7.98. The molecule has 0 aliphatic carbocycles. The van der Waals surface area contributed by atoms with E-state index >= 15 is 0 Å². The number of amides is 1. The van der Waals surface area contributed by atoms with Crippen LogP contribution in [0.5, 0.6) is 0 Å². The summed E-state index contributed by atoms with van der Waals surface area (Å²) in [6.45, 7) is 1.32. The van der Waals surface area contributed by atoms with Crippen molar-refractivity contribution in [3.63, 3.8) is 0 Å². The Morgan fingerprint density at radius 2 is 2.00 bits per heavy atom. The van der Waals surface area contributed by atoms with E-state index in [4.69, 9.17) is 5.73 Å². The van der Waals surface area contributed by atoms with Crippen molar-refractivity contribution in [1.82, 2.24) is 5.32 Å². The van der Waals surface area contributed by atoms with Crippen LogP contribution in [0.1, 0.15) is 16.8 Å². The highest BCUT2D eigenvalue weighted by atomic mass is 32.2. The van der Waals surface area contributed by atoms with E-state index in [2.05, 4.69) is 29.5 Å². The van der Waals surface area contributed by atoms with Gasteiger partial charge in [0.1, 0.15) is 0 Å². The molecule has 1 amide bonds. The Morgan fingerprint density at radius 3 is 2.69 bits per heavy atom. The van der Waals surface area contributed by atoms with Crippen LogP contribution in [-0.2, 0) is 0 Å². The highest BCUT2D eigenvalue weighted by Crippen LogP contribution is 2.27. The number of rotatable bonds is 10. The second-order valence-electron chi connectivity index (χ2n) is 6.05. The molecule has 140 valence electrons. The SMILES string of the molecule is CSCCCNC(=O)c1ccc(NCC(N)CS)cc1-c1ccccc1. The van der Waals surface area contributed by atoms with E-state index in [9.17, 15) is 4.79 Å². The van der Waals surface area contributed by atoms with Crippen molar-refractivity contribution in [2.45, 2.75) is 12.5 Å². The third kappa shape index (κ3) is 6.27. The molecule has 0 fully saturated rings. The summed E-state index contributed by atoms with van der Waals surface area (Å²) < 4.78 is 0. The highest BCUT2D eigenvalue weighted by Gasteiger charge is 2.13. The smallest absolute Gasteiger partial charge is 0.251 e. The number of thioether (sulfide) groups is 1. The number of nitrogens with one attached hydrogen (secondary N) is 2. The van der Waals surface area contributed by atoms with Crippen LogP contribution in [0, 0.1) is 0 Å². The molecule has 2 aromatic rings. The first-order valence-corrected chi connectivity index (χ1v) is 10.7. The fourth-order valence-electron chi connectivity index (χ4n) is 2.54. The summed E-state index contributed by atoms with van der Waals surface area (Å²) in [5.41, 5.74) is 9.48. The minimum absolute atomic E-state index is 0.0158. The summed E-state index contributed by atoms with van der Waals surface area (Å²) in [7, 11) is 0. The number of carbonyl (C=O) groups excluding carboxylic acids is 1. The van der Waals surface area contributed by atoms with E-state index in [0.717, 1.165) is 29.0 Å². The van der Waals surface area contributed by atoms with Crippen molar-refractivity contribution in [1.29, 1.82) is 0 Å². The monoisotopic (exact) mass is 389 g/mol. The average molecular weight is 390 g/mol. The normalized spacial score (nSPS) is 11.8. The summed E-state index contributed by atoms with van der Waals surface area (Å²) in [5.74, 6) is 1.62. The van der Waals surface area contributed by atoms with Crippen molar-refractivity contribution in [3.05, 3.63) is 54.1 Å². The first kappa shape index (κ1) is 20.7. The van der Waals surface area contributed by atoms with Gasteiger partial charge in [-0.15, -0.1) is 0 Å². The first-order valence-electron chi connectivity index (χ1n) is 8.72. The van der Waals surface area contributed by atoms with Gasteiger partial charge < -0.3 is 16.4 Å². The van der Waals surface area contributed by atoms with Gasteiger partial charge in [0, 0.05) is 36.1 Å². The predicted molar refractivity (Wildman–Crippen MR) is 118 cm³/mol. The lowest BCUT2D eigenvalue weighted by atomic mass is 9.98. The van der Waals surface area contributed by atoms with Crippen LogP contribution >= 0.6 is 24.4 Å². The Balaban J connectivity index is 2.22. The second-order valence-corrected chi connectivity index (χ2v) is 7.40. The molecule has 0 saturated carbocycles. The molecule has 0 radical (unpaired) electrons. The molecule has 1 atom stereocenters. The molecular weight excluding hydrogens is 362 g/mol. The number of thiol groups is 1. The number of anilines is 1. The Kier molecular flexibility index (Phi) is 8.88. The lowest BCUT2D eigenvalue weighted by Crippen LogP contribution is -2.30. The maximum absolute atomic E-state index is 12.7. The lowest BCUT2D eigenvalue weighted by Gasteiger charge is -2.15. The van der Waals surface area contributed by atoms with Crippen LogP contribution < -0.4 is 16.4 Å². The van der Waals surface area contributed by atoms with Gasteiger partial charge >= 0.3 is 0 Å². The van der Waals surface area contributed by atoms with Crippen molar-refractivity contribution >= 4 is 36.0 Å². The minimum atomic E-state index is -0.0384. The van der Waals surface area contributed by atoms with Gasteiger partial charge in [0.2, 0.25) is 0 Å². The maximum Gasteiger partial charge on any atom is 0.251 e. The Hall–Kier alpha value is -1.63. The van der Waals surface area contributed by atoms with Gasteiger partial charge in [-0.2, -0.15) is 24.4 Å². The van der Waals surface area contributed by atoms with Crippen molar-refractivity contribution in [2.75, 3.05) is 36.2 Å². The van der Waals surface area contributed by atoms with Crippen molar-refractivity contribution < 1.29 is 4.79 Å². The molecule has 1 unspecified atom stereocenters. The molecule has 4 N–H and O–H groups in total. The number of benzene rings is 2. The molecule has 0 spiro atoms. The second kappa shape index (κ2) is 11.2. The summed E-state index contributed by atoms with van der Waals surface area (Å²) in [6, 6.07) is 15.8. The minimum Gasteiger partial charge on any atom is -0.383 e. The molecule has 0 aliphatic heterocycles. The zero-order valence-electron chi connectivity index (χ0n) is 15.1.